The molecule has 1 saturated heterocycles. The molecule has 1 atom stereocenters. The first-order chi connectivity index (χ1) is 16.9. The van der Waals surface area contributed by atoms with Gasteiger partial charge in [0.1, 0.15) is 12.4 Å². The Hall–Kier alpha value is -2.84. The molecule has 0 spiro atoms. The van der Waals surface area contributed by atoms with Crippen LogP contribution in [0.5, 0.6) is 5.75 Å². The molecule has 5 rings (SSSR count). The van der Waals surface area contributed by atoms with Crippen LogP contribution in [0.4, 0.5) is 13.2 Å². The largest absolute Gasteiger partial charge is 0.492 e. The quantitative estimate of drug-likeness (QED) is 0.466. The molecule has 0 radical (unpaired) electrons. The van der Waals surface area contributed by atoms with Crippen LogP contribution in [-0.2, 0) is 6.42 Å². The van der Waals surface area contributed by atoms with Gasteiger partial charge < -0.3 is 4.74 Å². The number of halogens is 3. The predicted octanol–water partition coefficient (Wildman–Crippen LogP) is 4.96. The van der Waals surface area contributed by atoms with Crippen molar-refractivity contribution in [3.05, 3.63) is 71.4 Å². The molecule has 1 fully saturated rings. The first-order valence-electron chi connectivity index (χ1n) is 12.1. The fraction of sp³-hybridized carbons (Fsp3) is 0.444. The van der Waals surface area contributed by atoms with Gasteiger partial charge in [-0.25, -0.2) is 8.78 Å². The number of hydrogen-bond donors (Lipinski definition) is 1. The summed E-state index contributed by atoms with van der Waals surface area (Å²) in [6.07, 6.45) is 2.43. The molecule has 3 aromatic rings. The summed E-state index contributed by atoms with van der Waals surface area (Å²) >= 11 is 0. The van der Waals surface area contributed by atoms with Crippen molar-refractivity contribution >= 4 is 0 Å². The van der Waals surface area contributed by atoms with E-state index in [1.165, 1.54) is 5.56 Å². The number of rotatable bonds is 9. The number of aromatic amines is 1. The van der Waals surface area contributed by atoms with Crippen LogP contribution in [0.3, 0.4) is 0 Å². The van der Waals surface area contributed by atoms with Gasteiger partial charge in [0, 0.05) is 45.2 Å². The van der Waals surface area contributed by atoms with Gasteiger partial charge in [0.05, 0.1) is 25.0 Å². The van der Waals surface area contributed by atoms with Gasteiger partial charge in [0.25, 0.3) is 5.92 Å². The Bertz CT molecular complexity index is 1110. The molecule has 1 N–H and O–H groups in total. The van der Waals surface area contributed by atoms with E-state index in [0.717, 1.165) is 54.7 Å². The smallest absolute Gasteiger partial charge is 0.257 e. The lowest BCUT2D eigenvalue weighted by Gasteiger charge is -2.39. The first kappa shape index (κ1) is 23.9. The summed E-state index contributed by atoms with van der Waals surface area (Å²) in [5.74, 6) is -1.87. The van der Waals surface area contributed by atoms with Crippen molar-refractivity contribution in [3.8, 4) is 17.0 Å². The van der Waals surface area contributed by atoms with Crippen molar-refractivity contribution in [1.29, 1.82) is 0 Å². The van der Waals surface area contributed by atoms with E-state index in [1.54, 1.807) is 6.20 Å². The maximum atomic E-state index is 14.1. The molecule has 186 valence electrons. The summed E-state index contributed by atoms with van der Waals surface area (Å²) in [5.41, 5.74) is 5.16. The molecule has 0 aliphatic carbocycles. The van der Waals surface area contributed by atoms with Crippen LogP contribution in [0, 0.1) is 5.92 Å². The lowest BCUT2D eigenvalue weighted by molar-refractivity contribution is -0.0238. The Balaban J connectivity index is 1.33. The maximum absolute atomic E-state index is 14.1. The summed E-state index contributed by atoms with van der Waals surface area (Å²) in [4.78, 5) is 4.05. The molecule has 2 aliphatic heterocycles. The van der Waals surface area contributed by atoms with E-state index >= 15 is 0 Å². The van der Waals surface area contributed by atoms with Gasteiger partial charge in [-0.2, -0.15) is 5.10 Å². The van der Waals surface area contributed by atoms with E-state index in [9.17, 15) is 13.2 Å². The van der Waals surface area contributed by atoms with Gasteiger partial charge in [0.2, 0.25) is 0 Å². The van der Waals surface area contributed by atoms with E-state index in [4.69, 9.17) is 4.74 Å². The highest BCUT2D eigenvalue weighted by Gasteiger charge is 2.35. The Kier molecular flexibility index (Phi) is 6.84. The lowest BCUT2D eigenvalue weighted by Crippen LogP contribution is -2.49. The molecule has 2 aromatic carbocycles. The van der Waals surface area contributed by atoms with Crippen LogP contribution >= 0.6 is 0 Å². The number of benzene rings is 2. The Morgan fingerprint density at radius 2 is 1.91 bits per heavy atom. The second kappa shape index (κ2) is 10.0. The van der Waals surface area contributed by atoms with E-state index in [-0.39, 0.29) is 25.2 Å². The minimum absolute atomic E-state index is 0.168. The van der Waals surface area contributed by atoms with Gasteiger partial charge in [-0.15, -0.1) is 0 Å². The van der Waals surface area contributed by atoms with Crippen molar-refractivity contribution in [1.82, 2.24) is 20.0 Å². The van der Waals surface area contributed by atoms with Crippen molar-refractivity contribution in [2.24, 2.45) is 5.92 Å². The minimum Gasteiger partial charge on any atom is -0.492 e. The van der Waals surface area contributed by atoms with E-state index in [0.29, 0.717) is 19.6 Å². The zero-order valence-electron chi connectivity index (χ0n) is 19.9. The number of fused-ring (bicyclic) bond motifs is 1. The van der Waals surface area contributed by atoms with Gasteiger partial charge in [0.15, 0.2) is 0 Å². The topological polar surface area (TPSA) is 44.4 Å². The van der Waals surface area contributed by atoms with Gasteiger partial charge in [-0.05, 0) is 52.9 Å². The molecular formula is C27H31F3N4O. The molecular weight excluding hydrogens is 453 g/mol. The van der Waals surface area contributed by atoms with Crippen LogP contribution in [0.15, 0.2) is 54.7 Å². The monoisotopic (exact) mass is 484 g/mol. The number of nitrogens with zero attached hydrogens (tertiary/aromatic N) is 3. The normalized spacial score (nSPS) is 19.4. The third kappa shape index (κ3) is 5.54. The number of hydrogen-bond acceptors (Lipinski definition) is 4. The summed E-state index contributed by atoms with van der Waals surface area (Å²) in [7, 11) is 0. The fourth-order valence-corrected chi connectivity index (χ4v) is 5.18. The predicted molar refractivity (Wildman–Crippen MR) is 130 cm³/mol. The second-order valence-corrected chi connectivity index (χ2v) is 9.77. The van der Waals surface area contributed by atoms with E-state index in [1.807, 2.05) is 41.3 Å². The van der Waals surface area contributed by atoms with Crippen molar-refractivity contribution in [2.75, 3.05) is 46.0 Å². The number of likely N-dealkylation sites (tertiary alicyclic amines) is 1. The molecule has 1 aromatic heterocycles. The molecule has 3 heterocycles. The molecule has 0 saturated carbocycles. The van der Waals surface area contributed by atoms with Crippen LogP contribution in [0.25, 0.3) is 11.3 Å². The molecule has 0 bridgehead atoms. The molecule has 2 aliphatic rings. The average Bonchev–Trinajstić information content (AvgIpc) is 3.35. The van der Waals surface area contributed by atoms with Crippen molar-refractivity contribution in [2.45, 2.75) is 25.3 Å². The number of nitrogens with one attached hydrogen (secondary N) is 1. The minimum atomic E-state index is -2.79. The van der Waals surface area contributed by atoms with Gasteiger partial charge in [-0.1, -0.05) is 24.3 Å². The van der Waals surface area contributed by atoms with Crippen LogP contribution < -0.4 is 4.74 Å². The summed E-state index contributed by atoms with van der Waals surface area (Å²) in [6.45, 7) is 3.87. The SMILES string of the molecule is CC(F)(F)CN1CCc2cc(-c3ccn[nH]3)ccc2[C@@H]1c1ccc(OCCN2CC(CF)C2)cc1. The zero-order chi connectivity index (χ0) is 24.4. The summed E-state index contributed by atoms with van der Waals surface area (Å²) in [5, 5.41) is 7.03. The first-order valence-corrected chi connectivity index (χ1v) is 12.1. The maximum Gasteiger partial charge on any atom is 0.257 e. The Labute approximate surface area is 203 Å². The fourth-order valence-electron chi connectivity index (χ4n) is 5.18. The van der Waals surface area contributed by atoms with Crippen LogP contribution in [0.1, 0.15) is 29.7 Å². The van der Waals surface area contributed by atoms with Crippen molar-refractivity contribution < 1.29 is 17.9 Å². The van der Waals surface area contributed by atoms with Gasteiger partial charge in [-0.3, -0.25) is 19.3 Å². The molecule has 5 nitrogen and oxygen atoms in total. The standard InChI is InChI=1S/C27H31F3N4O/c1-27(29,30)18-34-11-9-21-14-22(25-8-10-31-32-25)4-7-24(21)26(34)20-2-5-23(6-3-20)35-13-12-33-16-19(15-28)17-33/h2-8,10,14,19,26H,9,11-13,15-18H2,1H3,(H,31,32)/t26-/m0/s1. The highest BCUT2D eigenvalue weighted by atomic mass is 19.3. The third-order valence-corrected chi connectivity index (χ3v) is 6.89. The highest BCUT2D eigenvalue weighted by Crippen LogP contribution is 2.38. The average molecular weight is 485 g/mol. The molecule has 8 heteroatoms. The highest BCUT2D eigenvalue weighted by molar-refractivity contribution is 5.61. The summed E-state index contributed by atoms with van der Waals surface area (Å²) in [6, 6.07) is 15.6. The Morgan fingerprint density at radius 3 is 2.60 bits per heavy atom. The molecule has 0 amide bonds. The van der Waals surface area contributed by atoms with Crippen LogP contribution in [0.2, 0.25) is 0 Å². The van der Waals surface area contributed by atoms with E-state index in [2.05, 4.69) is 27.2 Å². The number of ether oxygens (including phenoxy) is 1. The van der Waals surface area contributed by atoms with E-state index < -0.39 is 5.92 Å². The lowest BCUT2D eigenvalue weighted by atomic mass is 9.86. The number of alkyl halides is 3. The molecule has 0 unspecified atom stereocenters. The molecule has 35 heavy (non-hydrogen) atoms. The zero-order valence-corrected chi connectivity index (χ0v) is 19.9. The van der Waals surface area contributed by atoms with Crippen LogP contribution in [-0.4, -0.2) is 71.9 Å². The number of H-pyrrole nitrogens is 1. The second-order valence-electron chi connectivity index (χ2n) is 9.77. The number of aromatic nitrogens is 2. The van der Waals surface area contributed by atoms with Gasteiger partial charge >= 0.3 is 0 Å². The third-order valence-electron chi connectivity index (χ3n) is 6.89. The van der Waals surface area contributed by atoms with Crippen molar-refractivity contribution in [3.63, 3.8) is 0 Å². The summed E-state index contributed by atoms with van der Waals surface area (Å²) < 4.78 is 46.6. The Morgan fingerprint density at radius 1 is 1.11 bits per heavy atom.